The van der Waals surface area contributed by atoms with Crippen LogP contribution in [0, 0.1) is 0 Å². The Bertz CT molecular complexity index is 3220. The quantitative estimate of drug-likeness (QED) is 0.172. The Morgan fingerprint density at radius 2 is 1.00 bits per heavy atom. The van der Waals surface area contributed by atoms with E-state index in [2.05, 4.69) is 240 Å². The molecule has 0 saturated carbocycles. The molecule has 13 rings (SSSR count). The SMILES string of the molecule is C1=CC2c3ccccc3N(c3ccccc3)C2C=C1N(c1ccc(-c2ccc3c(c2)C2(c4ccccc4-c4ccccc42)c2ccccc2-3)cc1)c1ccc2ccccc2c1. The molecular weight excluding hydrogens is 737 g/mol. The summed E-state index contributed by atoms with van der Waals surface area (Å²) in [4.78, 5) is 4.96. The highest BCUT2D eigenvalue weighted by Crippen LogP contribution is 2.63. The minimum absolute atomic E-state index is 0.135. The van der Waals surface area contributed by atoms with Crippen LogP contribution in [0.3, 0.4) is 0 Å². The summed E-state index contributed by atoms with van der Waals surface area (Å²) in [7, 11) is 0. The molecule has 2 atom stereocenters. The molecule has 3 aliphatic carbocycles. The second-order valence-corrected chi connectivity index (χ2v) is 16.8. The molecule has 0 radical (unpaired) electrons. The highest BCUT2D eigenvalue weighted by Gasteiger charge is 2.51. The molecule has 0 bridgehead atoms. The van der Waals surface area contributed by atoms with Crippen molar-refractivity contribution in [2.24, 2.45) is 0 Å². The molecule has 1 aliphatic heterocycles. The minimum Gasteiger partial charge on any atom is -0.333 e. The van der Waals surface area contributed by atoms with Gasteiger partial charge in [-0.2, -0.15) is 0 Å². The van der Waals surface area contributed by atoms with Crippen LogP contribution >= 0.6 is 0 Å². The molecular formula is C59H40N2. The summed E-state index contributed by atoms with van der Waals surface area (Å²) in [5.74, 6) is 0.258. The maximum atomic E-state index is 2.52. The first kappa shape index (κ1) is 34.2. The van der Waals surface area contributed by atoms with E-state index in [0.717, 1.165) is 17.1 Å². The Balaban J connectivity index is 0.939. The number of nitrogens with zero attached hydrogens (tertiary/aromatic N) is 2. The van der Waals surface area contributed by atoms with Gasteiger partial charge in [0.1, 0.15) is 0 Å². The summed E-state index contributed by atoms with van der Waals surface area (Å²) >= 11 is 0. The predicted molar refractivity (Wildman–Crippen MR) is 253 cm³/mol. The molecule has 0 aromatic heterocycles. The van der Waals surface area contributed by atoms with Gasteiger partial charge in [-0.25, -0.2) is 0 Å². The largest absolute Gasteiger partial charge is 0.333 e. The monoisotopic (exact) mass is 776 g/mol. The van der Waals surface area contributed by atoms with E-state index < -0.39 is 0 Å². The smallest absolute Gasteiger partial charge is 0.0725 e. The first-order valence-electron chi connectivity index (χ1n) is 21.4. The number of anilines is 4. The van der Waals surface area contributed by atoms with Crippen LogP contribution in [-0.4, -0.2) is 6.04 Å². The molecule has 0 fully saturated rings. The van der Waals surface area contributed by atoms with Gasteiger partial charge < -0.3 is 9.80 Å². The van der Waals surface area contributed by atoms with Crippen molar-refractivity contribution in [3.63, 3.8) is 0 Å². The summed E-state index contributed by atoms with van der Waals surface area (Å²) in [5.41, 5.74) is 20.1. The topological polar surface area (TPSA) is 6.48 Å². The third-order valence-electron chi connectivity index (χ3n) is 13.8. The molecule has 61 heavy (non-hydrogen) atoms. The predicted octanol–water partition coefficient (Wildman–Crippen LogP) is 14.7. The Morgan fingerprint density at radius 1 is 0.426 bits per heavy atom. The van der Waals surface area contributed by atoms with Crippen molar-refractivity contribution < 1.29 is 0 Å². The Kier molecular flexibility index (Phi) is 7.38. The van der Waals surface area contributed by atoms with Gasteiger partial charge in [0.15, 0.2) is 0 Å². The number of hydrogen-bond acceptors (Lipinski definition) is 2. The minimum atomic E-state index is -0.368. The van der Waals surface area contributed by atoms with Crippen LogP contribution in [0.15, 0.2) is 236 Å². The molecule has 0 amide bonds. The lowest BCUT2D eigenvalue weighted by molar-refractivity contribution is 0.735. The van der Waals surface area contributed by atoms with Gasteiger partial charge in [0.25, 0.3) is 0 Å². The molecule has 2 heteroatoms. The molecule has 0 N–H and O–H groups in total. The van der Waals surface area contributed by atoms with Gasteiger partial charge in [0.05, 0.1) is 11.5 Å². The van der Waals surface area contributed by atoms with Crippen LogP contribution in [-0.2, 0) is 5.41 Å². The van der Waals surface area contributed by atoms with Crippen molar-refractivity contribution >= 4 is 33.5 Å². The molecule has 1 heterocycles. The number of benzene rings is 9. The van der Waals surface area contributed by atoms with Gasteiger partial charge in [0.2, 0.25) is 0 Å². The summed E-state index contributed by atoms with van der Waals surface area (Å²) < 4.78 is 0. The normalized spacial score (nSPS) is 17.0. The lowest BCUT2D eigenvalue weighted by Crippen LogP contribution is -2.31. The highest BCUT2D eigenvalue weighted by atomic mass is 15.2. The number of para-hydroxylation sites is 2. The molecule has 286 valence electrons. The van der Waals surface area contributed by atoms with E-state index in [1.807, 2.05) is 0 Å². The molecule has 2 unspecified atom stereocenters. The Morgan fingerprint density at radius 3 is 1.72 bits per heavy atom. The number of allylic oxidation sites excluding steroid dienone is 1. The molecule has 9 aromatic carbocycles. The van der Waals surface area contributed by atoms with E-state index in [1.54, 1.807) is 0 Å². The zero-order chi connectivity index (χ0) is 40.1. The zero-order valence-electron chi connectivity index (χ0n) is 33.5. The maximum absolute atomic E-state index is 2.52. The van der Waals surface area contributed by atoms with Crippen molar-refractivity contribution in [2.75, 3.05) is 9.80 Å². The first-order chi connectivity index (χ1) is 30.3. The van der Waals surface area contributed by atoms with Crippen LogP contribution < -0.4 is 9.80 Å². The van der Waals surface area contributed by atoms with E-state index >= 15 is 0 Å². The van der Waals surface area contributed by atoms with Crippen LogP contribution in [0.4, 0.5) is 22.7 Å². The van der Waals surface area contributed by atoms with E-state index in [0.29, 0.717) is 0 Å². The van der Waals surface area contributed by atoms with Crippen LogP contribution in [0.1, 0.15) is 33.7 Å². The second-order valence-electron chi connectivity index (χ2n) is 16.8. The Labute approximate surface area is 356 Å². The average Bonchev–Trinajstić information content (AvgIpc) is 3.93. The lowest BCUT2D eigenvalue weighted by atomic mass is 9.70. The summed E-state index contributed by atoms with van der Waals surface area (Å²) in [6, 6.07) is 78.9. The zero-order valence-corrected chi connectivity index (χ0v) is 33.5. The van der Waals surface area contributed by atoms with Gasteiger partial charge in [-0.05, 0) is 133 Å². The highest BCUT2D eigenvalue weighted by molar-refractivity contribution is 5.96. The maximum Gasteiger partial charge on any atom is 0.0725 e. The van der Waals surface area contributed by atoms with Crippen molar-refractivity contribution in [1.82, 2.24) is 0 Å². The van der Waals surface area contributed by atoms with Gasteiger partial charge in [-0.3, -0.25) is 0 Å². The average molecular weight is 777 g/mol. The standard InChI is InChI=1S/C59H40N2/c1-2-16-43(17-3-1)61-57-25-13-9-21-51(57)52-35-33-46(38-58(52)61)60(45-32-28-39-14-4-5-15-41(39)36-45)44-30-26-40(27-31-44)42-29-34-50-49-20-8-12-24-55(49)59(56(50)37-42)53-22-10-6-18-47(53)48-19-7-11-23-54(48)59/h1-38,52,58H. The van der Waals surface area contributed by atoms with Crippen molar-refractivity contribution in [1.29, 1.82) is 0 Å². The summed E-state index contributed by atoms with van der Waals surface area (Å²) in [6.45, 7) is 0. The van der Waals surface area contributed by atoms with Crippen LogP contribution in [0.25, 0.3) is 44.2 Å². The second kappa shape index (κ2) is 13.2. The van der Waals surface area contributed by atoms with Crippen molar-refractivity contribution in [3.05, 3.63) is 264 Å². The lowest BCUT2D eigenvalue weighted by Gasteiger charge is -2.34. The molecule has 4 aliphatic rings. The van der Waals surface area contributed by atoms with Crippen LogP contribution in [0.5, 0.6) is 0 Å². The number of fused-ring (bicyclic) bond motifs is 14. The fraction of sp³-hybridized carbons (Fsp3) is 0.0508. The van der Waals surface area contributed by atoms with E-state index in [1.165, 1.54) is 83.3 Å². The molecule has 9 aromatic rings. The fourth-order valence-corrected chi connectivity index (χ4v) is 11.2. The van der Waals surface area contributed by atoms with Gasteiger partial charge in [0, 0.05) is 34.4 Å². The third-order valence-corrected chi connectivity index (χ3v) is 13.8. The van der Waals surface area contributed by atoms with Gasteiger partial charge >= 0.3 is 0 Å². The molecule has 2 nitrogen and oxygen atoms in total. The van der Waals surface area contributed by atoms with Crippen LogP contribution in [0.2, 0.25) is 0 Å². The molecule has 1 spiro atoms. The number of rotatable bonds is 5. The fourth-order valence-electron chi connectivity index (χ4n) is 11.2. The van der Waals surface area contributed by atoms with Crippen molar-refractivity contribution in [2.45, 2.75) is 17.4 Å². The Hall–Kier alpha value is -7.68. The summed E-state index contributed by atoms with van der Waals surface area (Å²) in [6.07, 6.45) is 7.24. The van der Waals surface area contributed by atoms with Gasteiger partial charge in [-0.15, -0.1) is 0 Å². The third kappa shape index (κ3) is 4.91. The van der Waals surface area contributed by atoms with E-state index in [9.17, 15) is 0 Å². The van der Waals surface area contributed by atoms with Crippen molar-refractivity contribution in [3.8, 4) is 33.4 Å². The van der Waals surface area contributed by atoms with E-state index in [4.69, 9.17) is 0 Å². The first-order valence-corrected chi connectivity index (χ1v) is 21.4. The number of hydrogen-bond donors (Lipinski definition) is 0. The van der Waals surface area contributed by atoms with E-state index in [-0.39, 0.29) is 17.4 Å². The molecule has 0 saturated heterocycles. The van der Waals surface area contributed by atoms with Gasteiger partial charge in [-0.1, -0.05) is 170 Å². The summed E-state index contributed by atoms with van der Waals surface area (Å²) in [5, 5.41) is 2.46.